The second-order valence-corrected chi connectivity index (χ2v) is 10.4. The molecule has 1 aliphatic heterocycles. The largest absolute Gasteiger partial charge is 0.490 e. The van der Waals surface area contributed by atoms with E-state index in [4.69, 9.17) is 26.1 Å². The number of alkyl halides is 6. The molecule has 1 saturated carbocycles. The normalized spacial score (nSPS) is 20.0. The Balaban J connectivity index is 0.000000566. The summed E-state index contributed by atoms with van der Waals surface area (Å²) in [6.45, 7) is 2.58. The number of fused-ring (bicyclic) bond motifs is 1. The van der Waals surface area contributed by atoms with Crippen molar-refractivity contribution in [3.05, 3.63) is 47.4 Å². The Morgan fingerprint density at radius 1 is 1.16 bits per heavy atom. The van der Waals surface area contributed by atoms with E-state index < -0.39 is 46.8 Å². The maximum Gasteiger partial charge on any atom is 0.490 e. The number of carboxylic acids is 1. The molecule has 0 spiro atoms. The van der Waals surface area contributed by atoms with E-state index in [0.717, 1.165) is 25.0 Å². The first kappa shape index (κ1) is 32.5. The summed E-state index contributed by atoms with van der Waals surface area (Å²) < 4.78 is 79.7. The number of ether oxygens (including phenoxy) is 1. The summed E-state index contributed by atoms with van der Waals surface area (Å²) in [5.74, 6) is -4.91. The number of primary amides is 1. The van der Waals surface area contributed by atoms with Gasteiger partial charge in [0.05, 0.1) is 24.0 Å². The van der Waals surface area contributed by atoms with Crippen molar-refractivity contribution in [3.63, 3.8) is 0 Å². The zero-order chi connectivity index (χ0) is 32.8. The van der Waals surface area contributed by atoms with E-state index in [1.165, 1.54) is 22.9 Å². The fourth-order valence-corrected chi connectivity index (χ4v) is 4.92. The first-order chi connectivity index (χ1) is 20.3. The third kappa shape index (κ3) is 5.99. The van der Waals surface area contributed by atoms with Gasteiger partial charge in [0.1, 0.15) is 5.69 Å². The molecule has 2 atom stereocenters. The first-order valence-electron chi connectivity index (χ1n) is 12.9. The molecule has 5 rings (SSSR count). The average Bonchev–Trinajstić information content (AvgIpc) is 3.53. The SMILES string of the molecule is Cc1ccc(C(O)(C(N)=O)C(F)(F)F)cc1-c1cnc2c(N)nc(C(=O)NC3(C4CC4)CCOC3)cn12.O=C(O)C(F)(F)F. The number of nitrogens with one attached hydrogen (secondary N) is 1. The van der Waals surface area contributed by atoms with Crippen molar-refractivity contribution in [2.24, 2.45) is 11.7 Å². The van der Waals surface area contributed by atoms with Gasteiger partial charge in [-0.2, -0.15) is 26.3 Å². The number of aryl methyl sites for hydroxylation is 1. The molecule has 0 radical (unpaired) electrons. The molecular weight excluding hydrogens is 606 g/mol. The van der Waals surface area contributed by atoms with Crippen LogP contribution in [0.4, 0.5) is 32.2 Å². The van der Waals surface area contributed by atoms with Crippen LogP contribution in [0.2, 0.25) is 0 Å². The number of carboxylic acid groups (broad SMARTS) is 1. The molecule has 7 N–H and O–H groups in total. The number of imidazole rings is 1. The number of hydrogen-bond acceptors (Lipinski definition) is 8. The lowest BCUT2D eigenvalue weighted by Gasteiger charge is -2.28. The lowest BCUT2D eigenvalue weighted by molar-refractivity contribution is -0.255. The number of hydrogen-bond donors (Lipinski definition) is 5. The molecule has 2 amide bonds. The fourth-order valence-electron chi connectivity index (χ4n) is 4.92. The lowest BCUT2D eigenvalue weighted by atomic mass is 9.89. The van der Waals surface area contributed by atoms with Gasteiger partial charge in [-0.05, 0) is 43.7 Å². The highest BCUT2D eigenvalue weighted by Gasteiger charge is 2.60. The number of rotatable bonds is 6. The van der Waals surface area contributed by atoms with Crippen molar-refractivity contribution in [1.82, 2.24) is 19.7 Å². The molecule has 2 unspecified atom stereocenters. The van der Waals surface area contributed by atoms with E-state index in [2.05, 4.69) is 15.3 Å². The van der Waals surface area contributed by atoms with Gasteiger partial charge in [0.25, 0.3) is 17.4 Å². The van der Waals surface area contributed by atoms with Gasteiger partial charge in [0.15, 0.2) is 11.5 Å². The number of benzene rings is 1. The summed E-state index contributed by atoms with van der Waals surface area (Å²) in [5.41, 5.74) is 7.09. The zero-order valence-corrected chi connectivity index (χ0v) is 22.8. The van der Waals surface area contributed by atoms with Crippen molar-refractivity contribution in [1.29, 1.82) is 0 Å². The average molecular weight is 633 g/mol. The van der Waals surface area contributed by atoms with Crippen LogP contribution in [0, 0.1) is 12.8 Å². The second-order valence-electron chi connectivity index (χ2n) is 10.4. The van der Waals surface area contributed by atoms with Crippen molar-refractivity contribution in [2.45, 2.75) is 49.7 Å². The summed E-state index contributed by atoms with van der Waals surface area (Å²) in [7, 11) is 0. The van der Waals surface area contributed by atoms with Gasteiger partial charge in [-0.3, -0.25) is 14.0 Å². The van der Waals surface area contributed by atoms with Gasteiger partial charge in [-0.25, -0.2) is 14.8 Å². The lowest BCUT2D eigenvalue weighted by Crippen LogP contribution is -2.52. The molecule has 1 aromatic carbocycles. The minimum Gasteiger partial charge on any atom is -0.475 e. The Kier molecular flexibility index (Phi) is 8.29. The van der Waals surface area contributed by atoms with E-state index in [0.29, 0.717) is 31.1 Å². The van der Waals surface area contributed by atoms with E-state index in [1.54, 1.807) is 6.92 Å². The van der Waals surface area contributed by atoms with Crippen LogP contribution in [0.1, 0.15) is 40.9 Å². The zero-order valence-electron chi connectivity index (χ0n) is 22.8. The number of aliphatic carboxylic acids is 1. The molecule has 12 nitrogen and oxygen atoms in total. The third-order valence-corrected chi connectivity index (χ3v) is 7.46. The number of aromatic nitrogens is 3. The Morgan fingerprint density at radius 2 is 1.80 bits per heavy atom. The van der Waals surface area contributed by atoms with Crippen LogP contribution in [-0.2, 0) is 19.9 Å². The van der Waals surface area contributed by atoms with Crippen molar-refractivity contribution < 1.29 is 55.7 Å². The highest BCUT2D eigenvalue weighted by molar-refractivity contribution is 5.94. The van der Waals surface area contributed by atoms with E-state index in [1.807, 2.05) is 0 Å². The Morgan fingerprint density at radius 3 is 2.30 bits per heavy atom. The highest BCUT2D eigenvalue weighted by atomic mass is 19.4. The standard InChI is InChI=1S/C24H25F3N6O4.C2HF3O2/c1-12-2-3-14(23(36,21(29)35)24(25,26)27)8-15(12)17-9-30-19-18(28)31-16(10-33(17)19)20(34)32-22(13-4-5-13)6-7-37-11-22;3-2(4,5)1(6)7/h2-3,8-10,13,36H,4-7,11H2,1H3,(H2,28,31)(H2,29,35)(H,32,34);(H,6,7). The molecule has 3 aromatic rings. The molecule has 2 aliphatic rings. The van der Waals surface area contributed by atoms with Crippen LogP contribution in [-0.4, -0.2) is 73.5 Å². The fraction of sp³-hybridized carbons (Fsp3) is 0.423. The van der Waals surface area contributed by atoms with Crippen LogP contribution >= 0.6 is 0 Å². The van der Waals surface area contributed by atoms with Crippen LogP contribution in [0.5, 0.6) is 0 Å². The number of nitrogen functional groups attached to an aromatic ring is 1. The van der Waals surface area contributed by atoms with Crippen LogP contribution in [0.25, 0.3) is 16.9 Å². The smallest absolute Gasteiger partial charge is 0.475 e. The summed E-state index contributed by atoms with van der Waals surface area (Å²) in [4.78, 5) is 42.2. The van der Waals surface area contributed by atoms with Crippen molar-refractivity contribution >= 4 is 29.2 Å². The van der Waals surface area contributed by atoms with Crippen LogP contribution < -0.4 is 16.8 Å². The number of nitrogens with two attached hydrogens (primary N) is 2. The Hall–Kier alpha value is -4.45. The maximum absolute atomic E-state index is 13.7. The number of carbonyl (C=O) groups is 3. The summed E-state index contributed by atoms with van der Waals surface area (Å²) in [5, 5.41) is 20.5. The summed E-state index contributed by atoms with van der Waals surface area (Å²) in [6, 6.07) is 3.32. The molecule has 1 saturated heterocycles. The predicted molar refractivity (Wildman–Crippen MR) is 139 cm³/mol. The van der Waals surface area contributed by atoms with Crippen molar-refractivity contribution in [2.75, 3.05) is 18.9 Å². The minimum atomic E-state index is -5.36. The van der Waals surface area contributed by atoms with Gasteiger partial charge < -0.3 is 31.7 Å². The molecule has 0 bridgehead atoms. The number of amides is 2. The second kappa shape index (κ2) is 11.2. The van der Waals surface area contributed by atoms with Gasteiger partial charge in [0, 0.05) is 23.9 Å². The number of nitrogens with zero attached hydrogens (tertiary/aromatic N) is 3. The quantitative estimate of drug-likeness (QED) is 0.254. The number of halogens is 6. The number of aliphatic hydroxyl groups is 1. The van der Waals surface area contributed by atoms with Crippen LogP contribution in [0.3, 0.4) is 0 Å². The molecular formula is C26H26F6N6O6. The van der Waals surface area contributed by atoms with E-state index in [9.17, 15) is 41.0 Å². The molecule has 2 aromatic heterocycles. The summed E-state index contributed by atoms with van der Waals surface area (Å²) in [6.07, 6.45) is -5.01. The Labute approximate surface area is 244 Å². The van der Waals surface area contributed by atoms with Gasteiger partial charge in [0.2, 0.25) is 0 Å². The Bertz CT molecular complexity index is 1610. The molecule has 44 heavy (non-hydrogen) atoms. The van der Waals surface area contributed by atoms with Gasteiger partial charge in [-0.1, -0.05) is 12.1 Å². The molecule has 2 fully saturated rings. The van der Waals surface area contributed by atoms with Crippen LogP contribution in [0.15, 0.2) is 30.6 Å². The molecule has 18 heteroatoms. The summed E-state index contributed by atoms with van der Waals surface area (Å²) >= 11 is 0. The first-order valence-corrected chi connectivity index (χ1v) is 12.9. The molecule has 238 valence electrons. The predicted octanol–water partition coefficient (Wildman–Crippen LogP) is 2.45. The highest BCUT2D eigenvalue weighted by Crippen LogP contribution is 2.44. The van der Waals surface area contributed by atoms with Crippen molar-refractivity contribution in [3.8, 4) is 11.3 Å². The monoisotopic (exact) mass is 632 g/mol. The van der Waals surface area contributed by atoms with Gasteiger partial charge >= 0.3 is 18.3 Å². The van der Waals surface area contributed by atoms with Gasteiger partial charge in [-0.15, -0.1) is 0 Å². The topological polar surface area (TPSA) is 195 Å². The minimum absolute atomic E-state index is 0.00563. The number of anilines is 1. The molecule has 3 heterocycles. The number of carbonyl (C=O) groups excluding carboxylic acids is 2. The maximum atomic E-state index is 13.7. The van der Waals surface area contributed by atoms with E-state index in [-0.39, 0.29) is 28.4 Å². The third-order valence-electron chi connectivity index (χ3n) is 7.46. The molecule has 1 aliphatic carbocycles. The van der Waals surface area contributed by atoms with E-state index >= 15 is 0 Å².